The number of rotatable bonds is 4. The summed E-state index contributed by atoms with van der Waals surface area (Å²) in [5, 5.41) is 9.60. The van der Waals surface area contributed by atoms with Crippen LogP contribution in [0.15, 0.2) is 0 Å². The first-order chi connectivity index (χ1) is 9.41. The van der Waals surface area contributed by atoms with E-state index in [2.05, 4.69) is 6.92 Å². The molecule has 0 aromatic rings. The van der Waals surface area contributed by atoms with E-state index in [1.807, 2.05) is 0 Å². The predicted octanol–water partition coefficient (Wildman–Crippen LogP) is 1.59. The molecule has 0 aromatic carbocycles. The van der Waals surface area contributed by atoms with E-state index in [0.717, 1.165) is 32.1 Å². The third-order valence-corrected chi connectivity index (χ3v) is 6.64. The van der Waals surface area contributed by atoms with Crippen molar-refractivity contribution in [2.24, 2.45) is 5.92 Å². The molecule has 6 heteroatoms. The van der Waals surface area contributed by atoms with Gasteiger partial charge in [0.1, 0.15) is 0 Å². The number of hydrogen-bond acceptors (Lipinski definition) is 3. The number of aliphatic hydroxyl groups excluding tert-OH is 1. The zero-order valence-electron chi connectivity index (χ0n) is 12.7. The van der Waals surface area contributed by atoms with Crippen molar-refractivity contribution in [3.05, 3.63) is 0 Å². The van der Waals surface area contributed by atoms with Crippen LogP contribution in [0, 0.1) is 5.92 Å². The highest BCUT2D eigenvalue weighted by molar-refractivity contribution is 7.86. The van der Waals surface area contributed by atoms with Gasteiger partial charge in [0.2, 0.25) is 0 Å². The predicted molar refractivity (Wildman–Crippen MR) is 79.5 cm³/mol. The lowest BCUT2D eigenvalue weighted by atomic mass is 10.00. The Kier molecular flexibility index (Phi) is 5.45. The van der Waals surface area contributed by atoms with E-state index in [-0.39, 0.29) is 6.04 Å². The van der Waals surface area contributed by atoms with E-state index in [0.29, 0.717) is 32.0 Å². The van der Waals surface area contributed by atoms with Gasteiger partial charge in [-0.15, -0.1) is 0 Å². The molecule has 2 saturated heterocycles. The Morgan fingerprint density at radius 3 is 2.40 bits per heavy atom. The third kappa shape index (κ3) is 3.72. The molecule has 0 aromatic heterocycles. The molecule has 0 bridgehead atoms. The lowest BCUT2D eigenvalue weighted by molar-refractivity contribution is 0.126. The average molecular weight is 304 g/mol. The molecule has 2 fully saturated rings. The van der Waals surface area contributed by atoms with Gasteiger partial charge >= 0.3 is 0 Å². The summed E-state index contributed by atoms with van der Waals surface area (Å²) in [5.41, 5.74) is 0. The first-order valence-corrected chi connectivity index (χ1v) is 9.26. The number of nitrogens with zero attached hydrogens (tertiary/aromatic N) is 2. The average Bonchev–Trinajstić information content (AvgIpc) is 2.39. The van der Waals surface area contributed by atoms with Crippen LogP contribution in [0.2, 0.25) is 0 Å². The minimum Gasteiger partial charge on any atom is -0.393 e. The van der Waals surface area contributed by atoms with E-state index in [1.54, 1.807) is 15.5 Å². The Morgan fingerprint density at radius 1 is 1.15 bits per heavy atom. The maximum absolute atomic E-state index is 12.8. The molecule has 0 saturated carbocycles. The van der Waals surface area contributed by atoms with Crippen molar-refractivity contribution in [3.63, 3.8) is 0 Å². The second-order valence-electron chi connectivity index (χ2n) is 6.43. The molecule has 2 aliphatic rings. The summed E-state index contributed by atoms with van der Waals surface area (Å²) in [4.78, 5) is 0. The molecule has 2 heterocycles. The van der Waals surface area contributed by atoms with Gasteiger partial charge in [0.25, 0.3) is 10.2 Å². The summed E-state index contributed by atoms with van der Waals surface area (Å²) in [7, 11) is -3.35. The fourth-order valence-electron chi connectivity index (χ4n) is 3.27. The van der Waals surface area contributed by atoms with Crippen LogP contribution in [0.1, 0.15) is 52.4 Å². The van der Waals surface area contributed by atoms with Crippen LogP contribution >= 0.6 is 0 Å². The van der Waals surface area contributed by atoms with Crippen molar-refractivity contribution in [3.8, 4) is 0 Å². The van der Waals surface area contributed by atoms with Crippen molar-refractivity contribution >= 4 is 10.2 Å². The summed E-state index contributed by atoms with van der Waals surface area (Å²) in [6, 6.07) is -0.0342. The molecule has 1 N–H and O–H groups in total. The second kappa shape index (κ2) is 6.73. The quantitative estimate of drug-likeness (QED) is 0.858. The molecular formula is C14H28N2O3S. The summed E-state index contributed by atoms with van der Waals surface area (Å²) >= 11 is 0. The Morgan fingerprint density at radius 2 is 1.80 bits per heavy atom. The highest BCUT2D eigenvalue weighted by atomic mass is 32.2. The van der Waals surface area contributed by atoms with E-state index in [4.69, 9.17) is 0 Å². The summed E-state index contributed by atoms with van der Waals surface area (Å²) < 4.78 is 28.9. The molecule has 5 nitrogen and oxygen atoms in total. The van der Waals surface area contributed by atoms with Crippen LogP contribution in [-0.4, -0.2) is 53.9 Å². The van der Waals surface area contributed by atoms with Crippen molar-refractivity contribution in [1.82, 2.24) is 8.61 Å². The van der Waals surface area contributed by atoms with Crippen molar-refractivity contribution < 1.29 is 13.5 Å². The zero-order valence-corrected chi connectivity index (χ0v) is 13.5. The van der Waals surface area contributed by atoms with E-state index >= 15 is 0 Å². The largest absolute Gasteiger partial charge is 0.393 e. The van der Waals surface area contributed by atoms with Crippen LogP contribution < -0.4 is 0 Å². The van der Waals surface area contributed by atoms with Gasteiger partial charge in [0.05, 0.1) is 6.10 Å². The second-order valence-corrected chi connectivity index (χ2v) is 8.32. The minimum absolute atomic E-state index is 0.0342. The van der Waals surface area contributed by atoms with E-state index in [1.165, 1.54) is 0 Å². The molecule has 0 spiro atoms. The molecule has 2 atom stereocenters. The third-order valence-electron chi connectivity index (χ3n) is 4.55. The topological polar surface area (TPSA) is 60.9 Å². The normalized spacial score (nSPS) is 29.4. The van der Waals surface area contributed by atoms with Gasteiger partial charge < -0.3 is 5.11 Å². The Hall–Kier alpha value is -0.170. The van der Waals surface area contributed by atoms with Gasteiger partial charge in [0, 0.05) is 25.7 Å². The molecule has 20 heavy (non-hydrogen) atoms. The van der Waals surface area contributed by atoms with Gasteiger partial charge in [-0.2, -0.15) is 17.0 Å². The first-order valence-electron chi connectivity index (χ1n) is 7.86. The molecule has 2 unspecified atom stereocenters. The molecule has 0 radical (unpaired) electrons. The van der Waals surface area contributed by atoms with Crippen LogP contribution in [0.25, 0.3) is 0 Å². The monoisotopic (exact) mass is 304 g/mol. The minimum atomic E-state index is -3.35. The summed E-state index contributed by atoms with van der Waals surface area (Å²) in [5.74, 6) is 0.621. The van der Waals surface area contributed by atoms with Crippen LogP contribution in [0.4, 0.5) is 0 Å². The highest BCUT2D eigenvalue weighted by Gasteiger charge is 2.37. The first kappa shape index (κ1) is 16.2. The maximum Gasteiger partial charge on any atom is 0.282 e. The smallest absolute Gasteiger partial charge is 0.282 e. The number of aliphatic hydroxyl groups is 1. The molecular weight excluding hydrogens is 276 g/mol. The highest BCUT2D eigenvalue weighted by Crippen LogP contribution is 2.28. The van der Waals surface area contributed by atoms with Gasteiger partial charge in [-0.25, -0.2) is 0 Å². The molecule has 2 rings (SSSR count). The SMILES string of the molecule is CC(O)CC1CCCCN1S(=O)(=O)N1CCC(C)CC1. The Balaban J connectivity index is 2.09. The Bertz CT molecular complexity index is 403. The van der Waals surface area contributed by atoms with E-state index < -0.39 is 16.3 Å². The summed E-state index contributed by atoms with van der Waals surface area (Å²) in [6.07, 6.45) is 4.86. The summed E-state index contributed by atoms with van der Waals surface area (Å²) in [6.45, 7) is 5.80. The fraction of sp³-hybridized carbons (Fsp3) is 1.00. The van der Waals surface area contributed by atoms with Crippen LogP contribution in [0.5, 0.6) is 0 Å². The van der Waals surface area contributed by atoms with E-state index in [9.17, 15) is 13.5 Å². The van der Waals surface area contributed by atoms with Gasteiger partial charge in [0.15, 0.2) is 0 Å². The maximum atomic E-state index is 12.8. The Labute approximate surface area is 123 Å². The zero-order chi connectivity index (χ0) is 14.8. The fourth-order valence-corrected chi connectivity index (χ4v) is 5.17. The van der Waals surface area contributed by atoms with Crippen LogP contribution in [0.3, 0.4) is 0 Å². The molecule has 2 aliphatic heterocycles. The lowest BCUT2D eigenvalue weighted by Gasteiger charge is -2.40. The molecule has 0 amide bonds. The van der Waals surface area contributed by atoms with Crippen molar-refractivity contribution in [2.75, 3.05) is 19.6 Å². The molecule has 118 valence electrons. The van der Waals surface area contributed by atoms with Crippen LogP contribution in [-0.2, 0) is 10.2 Å². The lowest BCUT2D eigenvalue weighted by Crippen LogP contribution is -2.52. The molecule has 0 aliphatic carbocycles. The number of hydrogen-bond donors (Lipinski definition) is 1. The van der Waals surface area contributed by atoms with Crippen molar-refractivity contribution in [2.45, 2.75) is 64.5 Å². The van der Waals surface area contributed by atoms with Gasteiger partial charge in [-0.1, -0.05) is 13.3 Å². The van der Waals surface area contributed by atoms with Crippen molar-refractivity contribution in [1.29, 1.82) is 0 Å². The van der Waals surface area contributed by atoms with Gasteiger partial charge in [-0.3, -0.25) is 0 Å². The standard InChI is InChI=1S/C14H28N2O3S/c1-12-6-9-15(10-7-12)20(18,19)16-8-4-3-5-14(16)11-13(2)17/h12-14,17H,3-11H2,1-2H3. The number of piperidine rings is 2. The van der Waals surface area contributed by atoms with Gasteiger partial charge in [-0.05, 0) is 44.9 Å².